The van der Waals surface area contributed by atoms with Crippen molar-refractivity contribution in [3.63, 3.8) is 0 Å². The maximum atomic E-state index is 12.8. The normalized spacial score (nSPS) is 15.1. The summed E-state index contributed by atoms with van der Waals surface area (Å²) in [5, 5.41) is 9.00. The Kier molecular flexibility index (Phi) is 5.43. The molecule has 1 aliphatic heterocycles. The van der Waals surface area contributed by atoms with Crippen molar-refractivity contribution in [2.24, 2.45) is 0 Å². The highest BCUT2D eigenvalue weighted by Gasteiger charge is 2.35. The van der Waals surface area contributed by atoms with E-state index in [0.717, 1.165) is 0 Å². The minimum atomic E-state index is -1.01. The van der Waals surface area contributed by atoms with Gasteiger partial charge in [-0.15, -0.1) is 0 Å². The molecule has 2 aromatic carbocycles. The number of para-hydroxylation sites is 1. The molecule has 152 valence electrons. The van der Waals surface area contributed by atoms with E-state index in [0.29, 0.717) is 21.4 Å². The largest absolute Gasteiger partial charge is 0.326 e. The van der Waals surface area contributed by atoms with Crippen LogP contribution in [0.4, 0.5) is 23.1 Å². The fraction of sp³-hybridized carbons (Fsp3) is 0.100. The van der Waals surface area contributed by atoms with Crippen LogP contribution in [0.2, 0.25) is 10.0 Å². The van der Waals surface area contributed by atoms with Crippen LogP contribution in [0.5, 0.6) is 0 Å². The SMILES string of the molecule is O=C1CC(C(=O)Nc2ccccc2Cl)c2c(nc(Nc3cccc(Cl)c3)[nH]c2=O)N1. The summed E-state index contributed by atoms with van der Waals surface area (Å²) in [5.41, 5.74) is 0.528. The number of benzene rings is 2. The summed E-state index contributed by atoms with van der Waals surface area (Å²) in [5.74, 6) is -1.83. The van der Waals surface area contributed by atoms with Crippen LogP contribution >= 0.6 is 23.2 Å². The molecule has 4 N–H and O–H groups in total. The minimum Gasteiger partial charge on any atom is -0.326 e. The summed E-state index contributed by atoms with van der Waals surface area (Å²) in [4.78, 5) is 44.6. The number of aromatic amines is 1. The lowest BCUT2D eigenvalue weighted by Gasteiger charge is -2.23. The van der Waals surface area contributed by atoms with Gasteiger partial charge in [0.1, 0.15) is 5.82 Å². The van der Waals surface area contributed by atoms with Crippen LogP contribution in [0.25, 0.3) is 0 Å². The Hall–Kier alpha value is -3.36. The van der Waals surface area contributed by atoms with Crippen molar-refractivity contribution in [3.8, 4) is 0 Å². The van der Waals surface area contributed by atoms with E-state index in [1.165, 1.54) is 0 Å². The molecular weight excluding hydrogens is 429 g/mol. The summed E-state index contributed by atoms with van der Waals surface area (Å²) in [6.45, 7) is 0. The first kappa shape index (κ1) is 19.9. The first-order valence-corrected chi connectivity index (χ1v) is 9.68. The van der Waals surface area contributed by atoms with Crippen LogP contribution < -0.4 is 21.5 Å². The fourth-order valence-electron chi connectivity index (χ4n) is 3.14. The highest BCUT2D eigenvalue weighted by Crippen LogP contribution is 2.31. The number of carbonyl (C=O) groups is 2. The molecule has 0 aliphatic carbocycles. The number of anilines is 4. The minimum absolute atomic E-state index is 0.0267. The highest BCUT2D eigenvalue weighted by molar-refractivity contribution is 6.33. The molecule has 2 amide bonds. The van der Waals surface area contributed by atoms with Crippen molar-refractivity contribution in [2.75, 3.05) is 16.0 Å². The summed E-state index contributed by atoms with van der Waals surface area (Å²) >= 11 is 12.0. The van der Waals surface area contributed by atoms with Crippen molar-refractivity contribution in [1.82, 2.24) is 9.97 Å². The van der Waals surface area contributed by atoms with Crippen molar-refractivity contribution < 1.29 is 9.59 Å². The molecule has 0 spiro atoms. The fourth-order valence-corrected chi connectivity index (χ4v) is 3.51. The van der Waals surface area contributed by atoms with Crippen molar-refractivity contribution in [1.29, 1.82) is 0 Å². The van der Waals surface area contributed by atoms with E-state index < -0.39 is 23.3 Å². The molecule has 1 aromatic heterocycles. The molecule has 0 fully saturated rings. The van der Waals surface area contributed by atoms with Gasteiger partial charge < -0.3 is 16.0 Å². The number of halogens is 2. The smallest absolute Gasteiger partial charge is 0.258 e. The van der Waals surface area contributed by atoms with Crippen molar-refractivity contribution >= 4 is 58.2 Å². The lowest BCUT2D eigenvalue weighted by atomic mass is 9.92. The number of rotatable bonds is 4. The molecule has 8 nitrogen and oxygen atoms in total. The van der Waals surface area contributed by atoms with Crippen LogP contribution in [-0.2, 0) is 9.59 Å². The summed E-state index contributed by atoms with van der Waals surface area (Å²) in [6, 6.07) is 13.5. The summed E-state index contributed by atoms with van der Waals surface area (Å²) in [6.07, 6.45) is -0.185. The zero-order valence-corrected chi connectivity index (χ0v) is 16.8. The third-order valence-electron chi connectivity index (χ3n) is 4.49. The lowest BCUT2D eigenvalue weighted by Crippen LogP contribution is -2.36. The molecule has 2 heterocycles. The topological polar surface area (TPSA) is 116 Å². The van der Waals surface area contributed by atoms with Crippen LogP contribution in [0, 0.1) is 0 Å². The standard InChI is InChI=1S/C20H15Cl2N5O3/c21-10-4-3-5-11(8-10)23-20-26-17-16(19(30)27-20)12(9-15(28)25-17)18(29)24-14-7-2-1-6-13(14)22/h1-8,12H,9H2,(H,24,29)(H3,23,25,26,27,28,30). The van der Waals surface area contributed by atoms with Gasteiger partial charge in [0, 0.05) is 17.1 Å². The maximum Gasteiger partial charge on any atom is 0.258 e. The monoisotopic (exact) mass is 443 g/mol. The molecule has 4 rings (SSSR count). The number of hydrogen-bond acceptors (Lipinski definition) is 5. The molecular formula is C20H15Cl2N5O3. The molecule has 0 saturated carbocycles. The molecule has 10 heteroatoms. The zero-order chi connectivity index (χ0) is 21.3. The van der Waals surface area contributed by atoms with E-state index in [1.54, 1.807) is 48.5 Å². The van der Waals surface area contributed by atoms with Gasteiger partial charge >= 0.3 is 0 Å². The number of nitrogens with one attached hydrogen (secondary N) is 4. The number of H-pyrrole nitrogens is 1. The lowest BCUT2D eigenvalue weighted by molar-refractivity contribution is -0.123. The van der Waals surface area contributed by atoms with Gasteiger partial charge in [-0.3, -0.25) is 19.4 Å². The van der Waals surface area contributed by atoms with E-state index >= 15 is 0 Å². The number of aromatic nitrogens is 2. The van der Waals surface area contributed by atoms with E-state index in [1.807, 2.05) is 0 Å². The number of nitrogens with zero attached hydrogens (tertiary/aromatic N) is 1. The number of carbonyl (C=O) groups excluding carboxylic acids is 2. The predicted octanol–water partition coefficient (Wildman–Crippen LogP) is 3.88. The third kappa shape index (κ3) is 4.14. The quantitative estimate of drug-likeness (QED) is 0.488. The molecule has 1 atom stereocenters. The summed E-state index contributed by atoms with van der Waals surface area (Å²) in [7, 11) is 0. The molecule has 0 bridgehead atoms. The number of hydrogen-bond donors (Lipinski definition) is 4. The Bertz CT molecular complexity index is 1210. The van der Waals surface area contributed by atoms with Crippen LogP contribution in [0.15, 0.2) is 53.3 Å². The second-order valence-corrected chi connectivity index (χ2v) is 7.43. The average molecular weight is 444 g/mol. The Labute approximate surface area is 180 Å². The highest BCUT2D eigenvalue weighted by atomic mass is 35.5. The van der Waals surface area contributed by atoms with Crippen LogP contribution in [-0.4, -0.2) is 21.8 Å². The van der Waals surface area contributed by atoms with Gasteiger partial charge in [-0.05, 0) is 30.3 Å². The Balaban J connectivity index is 1.65. The Morgan fingerprint density at radius 2 is 1.90 bits per heavy atom. The van der Waals surface area contributed by atoms with Gasteiger partial charge in [-0.2, -0.15) is 4.98 Å². The second kappa shape index (κ2) is 8.17. The van der Waals surface area contributed by atoms with Gasteiger partial charge in [0.15, 0.2) is 0 Å². The van der Waals surface area contributed by atoms with Gasteiger partial charge in [-0.25, -0.2) is 0 Å². The van der Waals surface area contributed by atoms with E-state index in [9.17, 15) is 14.4 Å². The van der Waals surface area contributed by atoms with E-state index in [4.69, 9.17) is 23.2 Å². The van der Waals surface area contributed by atoms with Crippen molar-refractivity contribution in [2.45, 2.75) is 12.3 Å². The average Bonchev–Trinajstić information content (AvgIpc) is 2.68. The molecule has 1 unspecified atom stereocenters. The van der Waals surface area contributed by atoms with Gasteiger partial charge in [0.2, 0.25) is 17.8 Å². The van der Waals surface area contributed by atoms with Crippen molar-refractivity contribution in [3.05, 3.63) is 74.5 Å². The molecule has 3 aromatic rings. The van der Waals surface area contributed by atoms with Crippen LogP contribution in [0.1, 0.15) is 17.9 Å². The van der Waals surface area contributed by atoms with E-state index in [-0.39, 0.29) is 23.8 Å². The second-order valence-electron chi connectivity index (χ2n) is 6.59. The van der Waals surface area contributed by atoms with Gasteiger partial charge in [0.05, 0.1) is 22.2 Å². The maximum absolute atomic E-state index is 12.8. The molecule has 0 radical (unpaired) electrons. The first-order valence-electron chi connectivity index (χ1n) is 8.93. The molecule has 0 saturated heterocycles. The number of fused-ring (bicyclic) bond motifs is 1. The number of amides is 2. The Morgan fingerprint density at radius 1 is 1.10 bits per heavy atom. The Morgan fingerprint density at radius 3 is 2.67 bits per heavy atom. The first-order chi connectivity index (χ1) is 14.4. The summed E-state index contributed by atoms with van der Waals surface area (Å²) < 4.78 is 0. The van der Waals surface area contributed by atoms with Crippen LogP contribution in [0.3, 0.4) is 0 Å². The van der Waals surface area contributed by atoms with Gasteiger partial charge in [0.25, 0.3) is 5.56 Å². The van der Waals surface area contributed by atoms with Gasteiger partial charge in [-0.1, -0.05) is 41.4 Å². The zero-order valence-electron chi connectivity index (χ0n) is 15.3. The predicted molar refractivity (Wildman–Crippen MR) is 116 cm³/mol. The molecule has 1 aliphatic rings. The van der Waals surface area contributed by atoms with E-state index in [2.05, 4.69) is 25.9 Å². The molecule has 30 heavy (non-hydrogen) atoms. The third-order valence-corrected chi connectivity index (χ3v) is 5.05.